The Bertz CT molecular complexity index is 258. The molecule has 0 atom stereocenters. The average Bonchev–Trinajstić information content (AvgIpc) is 2.60. The van der Waals surface area contributed by atoms with E-state index >= 15 is 0 Å². The van der Waals surface area contributed by atoms with Gasteiger partial charge in [0.2, 0.25) is 0 Å². The molecule has 5 nitrogen and oxygen atoms in total. The average molecular weight is 330 g/mol. The van der Waals surface area contributed by atoms with E-state index in [2.05, 4.69) is 37.5 Å². The summed E-state index contributed by atoms with van der Waals surface area (Å²) in [6.45, 7) is 27.7. The van der Waals surface area contributed by atoms with Crippen LogP contribution < -0.4 is 5.73 Å². The van der Waals surface area contributed by atoms with E-state index in [9.17, 15) is 0 Å². The first-order valence-electron chi connectivity index (χ1n) is 9.87. The van der Waals surface area contributed by atoms with E-state index in [4.69, 9.17) is 5.73 Å². The van der Waals surface area contributed by atoms with E-state index in [0.29, 0.717) is 0 Å². The molecule has 0 saturated carbocycles. The van der Waals surface area contributed by atoms with Crippen LogP contribution in [0, 0.1) is 0 Å². The molecule has 3 rings (SSSR count). The molecule has 3 heterocycles. The lowest BCUT2D eigenvalue weighted by Gasteiger charge is -2.57. The summed E-state index contributed by atoms with van der Waals surface area (Å²) in [5.74, 6) is 0. The molecule has 5 heteroatoms. The number of nitrogens with two attached hydrogens (primary N) is 1. The van der Waals surface area contributed by atoms with Crippen molar-refractivity contribution < 1.29 is 8.97 Å². The Kier molecular flexibility index (Phi) is 9.01. The molecule has 3 aliphatic rings. The van der Waals surface area contributed by atoms with E-state index < -0.39 is 0 Å². The van der Waals surface area contributed by atoms with Crippen molar-refractivity contribution in [2.24, 2.45) is 5.73 Å². The number of rotatable bonds is 8. The van der Waals surface area contributed by atoms with Crippen molar-refractivity contribution >= 4 is 0 Å². The van der Waals surface area contributed by atoms with Crippen molar-refractivity contribution in [1.82, 2.24) is 9.80 Å². The predicted molar refractivity (Wildman–Crippen MR) is 100 cm³/mol. The van der Waals surface area contributed by atoms with Crippen LogP contribution in [0.15, 0.2) is 0 Å². The molecular weight excluding hydrogens is 286 g/mol. The summed E-state index contributed by atoms with van der Waals surface area (Å²) in [6, 6.07) is 0. The first-order valence-corrected chi connectivity index (χ1v) is 9.87. The van der Waals surface area contributed by atoms with Crippen molar-refractivity contribution in [2.75, 3.05) is 85.3 Å². The molecule has 3 saturated heterocycles. The van der Waals surface area contributed by atoms with Crippen LogP contribution in [-0.4, -0.2) is 104 Å². The summed E-state index contributed by atoms with van der Waals surface area (Å²) < 4.78 is 2.75. The number of hydrogen-bond acceptors (Lipinski definition) is 3. The Morgan fingerprint density at radius 1 is 0.609 bits per heavy atom. The van der Waals surface area contributed by atoms with Crippen LogP contribution in [0.1, 0.15) is 34.6 Å². The number of hydrogen-bond donors (Lipinski definition) is 1. The van der Waals surface area contributed by atoms with Gasteiger partial charge in [0.25, 0.3) is 0 Å². The van der Waals surface area contributed by atoms with Crippen LogP contribution >= 0.6 is 0 Å². The molecule has 0 amide bonds. The zero-order valence-corrected chi connectivity index (χ0v) is 16.6. The third-order valence-electron chi connectivity index (χ3n) is 5.93. The Morgan fingerprint density at radius 2 is 0.826 bits per heavy atom. The molecular formula is C18H43N5+2. The number of nitrogens with zero attached hydrogens (tertiary/aromatic N) is 4. The first kappa shape index (κ1) is 20.8. The van der Waals surface area contributed by atoms with Crippen LogP contribution in [0.4, 0.5) is 0 Å². The SMILES string of the molecule is CCN.CCN(CC)C[N+]12CC[N+](CN(CC)CC)(CC1)CC2. The lowest BCUT2D eigenvalue weighted by Crippen LogP contribution is -2.77. The standard InChI is InChI=1S/C16H36N4.C2H7N/c1-5-17(6-2)15-19-9-12-20(13-10-19,14-11-19)16-18(7-3)8-4;1-2-3/h5-16H2,1-4H3;2-3H2,1H3/q+2;. The predicted octanol–water partition coefficient (Wildman–Crippen LogP) is 1.21. The summed E-state index contributed by atoms with van der Waals surface area (Å²) >= 11 is 0. The summed E-state index contributed by atoms with van der Waals surface area (Å²) in [4.78, 5) is 5.24. The summed E-state index contributed by atoms with van der Waals surface area (Å²) in [5, 5.41) is 0. The molecule has 0 radical (unpaired) electrons. The third-order valence-corrected chi connectivity index (χ3v) is 5.93. The number of piperazine rings is 3. The molecule has 2 N–H and O–H groups in total. The molecule has 23 heavy (non-hydrogen) atoms. The zero-order chi connectivity index (χ0) is 17.3. The second kappa shape index (κ2) is 9.94. The van der Waals surface area contributed by atoms with E-state index in [-0.39, 0.29) is 0 Å². The largest absolute Gasteiger partial charge is 0.331 e. The van der Waals surface area contributed by atoms with Crippen molar-refractivity contribution in [3.05, 3.63) is 0 Å². The molecule has 0 aromatic rings. The maximum atomic E-state index is 4.85. The molecule has 0 aromatic heterocycles. The fourth-order valence-corrected chi connectivity index (χ4v) is 4.06. The maximum absolute atomic E-state index is 4.85. The van der Waals surface area contributed by atoms with Gasteiger partial charge in [-0.2, -0.15) is 0 Å². The molecule has 2 bridgehead atoms. The minimum Gasteiger partial charge on any atom is -0.331 e. The molecule has 3 fully saturated rings. The quantitative estimate of drug-likeness (QED) is 0.680. The highest BCUT2D eigenvalue weighted by molar-refractivity contribution is 4.63. The van der Waals surface area contributed by atoms with Crippen molar-refractivity contribution in [2.45, 2.75) is 34.6 Å². The molecule has 138 valence electrons. The molecule has 0 aliphatic carbocycles. The van der Waals surface area contributed by atoms with Gasteiger partial charge in [-0.25, -0.2) is 0 Å². The lowest BCUT2D eigenvalue weighted by molar-refractivity contribution is -1.09. The van der Waals surface area contributed by atoms with Crippen molar-refractivity contribution in [3.8, 4) is 0 Å². The highest BCUT2D eigenvalue weighted by atomic mass is 15.6. The van der Waals surface area contributed by atoms with Crippen molar-refractivity contribution in [1.29, 1.82) is 0 Å². The number of fused-ring (bicyclic) bond motifs is 3. The second-order valence-electron chi connectivity index (χ2n) is 7.32. The van der Waals surface area contributed by atoms with E-state index in [0.717, 1.165) is 6.54 Å². The Balaban J connectivity index is 0.000000816. The fraction of sp³-hybridized carbons (Fsp3) is 1.00. The van der Waals surface area contributed by atoms with Gasteiger partial charge in [0, 0.05) is 26.2 Å². The molecule has 0 unspecified atom stereocenters. The van der Waals surface area contributed by atoms with E-state index in [1.165, 1.54) is 87.8 Å². The maximum Gasteiger partial charge on any atom is 0.135 e. The monoisotopic (exact) mass is 329 g/mol. The Labute approximate surface area is 145 Å². The van der Waals surface area contributed by atoms with Crippen LogP contribution in [0.3, 0.4) is 0 Å². The highest BCUT2D eigenvalue weighted by Gasteiger charge is 2.49. The highest BCUT2D eigenvalue weighted by Crippen LogP contribution is 2.27. The molecule has 3 aliphatic heterocycles. The van der Waals surface area contributed by atoms with Gasteiger partial charge < -0.3 is 5.73 Å². The Hall–Kier alpha value is -0.200. The van der Waals surface area contributed by atoms with Gasteiger partial charge in [-0.05, 0) is 6.54 Å². The topological polar surface area (TPSA) is 32.5 Å². The summed E-state index contributed by atoms with van der Waals surface area (Å²) in [7, 11) is 0. The van der Waals surface area contributed by atoms with Gasteiger partial charge in [0.05, 0.1) is 0 Å². The first-order chi connectivity index (χ1) is 11.0. The van der Waals surface area contributed by atoms with Crippen LogP contribution in [0.2, 0.25) is 0 Å². The summed E-state index contributed by atoms with van der Waals surface area (Å²) in [5.41, 5.74) is 4.85. The molecule has 0 aromatic carbocycles. The zero-order valence-electron chi connectivity index (χ0n) is 16.6. The van der Waals surface area contributed by atoms with Gasteiger partial charge in [-0.15, -0.1) is 0 Å². The second-order valence-corrected chi connectivity index (χ2v) is 7.32. The lowest BCUT2D eigenvalue weighted by atomic mass is 10.1. The molecule has 0 spiro atoms. The van der Waals surface area contributed by atoms with Crippen LogP contribution in [-0.2, 0) is 0 Å². The minimum absolute atomic E-state index is 0.750. The minimum atomic E-state index is 0.750. The van der Waals surface area contributed by atoms with Gasteiger partial charge in [-0.3, -0.25) is 18.8 Å². The third kappa shape index (κ3) is 5.68. The van der Waals surface area contributed by atoms with Crippen LogP contribution in [0.5, 0.6) is 0 Å². The summed E-state index contributed by atoms with van der Waals surface area (Å²) in [6.07, 6.45) is 0. The smallest absolute Gasteiger partial charge is 0.135 e. The van der Waals surface area contributed by atoms with E-state index in [1.807, 2.05) is 6.92 Å². The Morgan fingerprint density at radius 3 is 1.00 bits per heavy atom. The van der Waals surface area contributed by atoms with Gasteiger partial charge in [0.15, 0.2) is 0 Å². The van der Waals surface area contributed by atoms with Crippen molar-refractivity contribution in [3.63, 3.8) is 0 Å². The fourth-order valence-electron chi connectivity index (χ4n) is 4.06. The van der Waals surface area contributed by atoms with Gasteiger partial charge in [0.1, 0.15) is 52.6 Å². The van der Waals surface area contributed by atoms with E-state index in [1.54, 1.807) is 0 Å². The normalized spacial score (nSPS) is 29.7. The number of quaternary nitrogens is 2. The van der Waals surface area contributed by atoms with Gasteiger partial charge in [-0.1, -0.05) is 34.6 Å². The van der Waals surface area contributed by atoms with Crippen LogP contribution in [0.25, 0.3) is 0 Å². The van der Waals surface area contributed by atoms with Gasteiger partial charge >= 0.3 is 0 Å².